The Bertz CT molecular complexity index is 685. The standard InChI is InChI=1S/C17H25ClN2O3S/c1-4-16(17(21)19-10-8-13(2)9-11-19)20(24(3,22)23)15-7-5-6-14(18)12-15/h5-7,12-13,16H,4,8-11H2,1-3H3/t16-/m0/s1. The fourth-order valence-corrected chi connectivity index (χ4v) is 4.48. The van der Waals surface area contributed by atoms with E-state index in [0.717, 1.165) is 19.1 Å². The van der Waals surface area contributed by atoms with Crippen molar-refractivity contribution in [1.82, 2.24) is 4.90 Å². The average Bonchev–Trinajstić information content (AvgIpc) is 2.51. The number of halogens is 1. The molecule has 1 fully saturated rings. The summed E-state index contributed by atoms with van der Waals surface area (Å²) in [4.78, 5) is 14.8. The Balaban J connectivity index is 2.34. The molecule has 1 aromatic rings. The molecule has 1 aromatic carbocycles. The summed E-state index contributed by atoms with van der Waals surface area (Å²) in [5, 5.41) is 0.440. The van der Waals surface area contributed by atoms with E-state index in [1.807, 2.05) is 6.92 Å². The number of carbonyl (C=O) groups excluding carboxylic acids is 1. The molecule has 2 rings (SSSR count). The third-order valence-electron chi connectivity index (χ3n) is 4.47. The first-order valence-corrected chi connectivity index (χ1v) is 10.5. The van der Waals surface area contributed by atoms with Gasteiger partial charge in [0.2, 0.25) is 15.9 Å². The fourth-order valence-electron chi connectivity index (χ4n) is 3.10. The third kappa shape index (κ3) is 4.42. The Morgan fingerprint density at radius 2 is 2.00 bits per heavy atom. The van der Waals surface area contributed by atoms with E-state index >= 15 is 0 Å². The molecule has 1 amide bonds. The molecule has 0 aromatic heterocycles. The highest BCUT2D eigenvalue weighted by atomic mass is 35.5. The van der Waals surface area contributed by atoms with Crippen LogP contribution in [0.15, 0.2) is 24.3 Å². The summed E-state index contributed by atoms with van der Waals surface area (Å²) in [6.07, 6.45) is 3.45. The van der Waals surface area contributed by atoms with Crippen molar-refractivity contribution >= 4 is 33.2 Å². The van der Waals surface area contributed by atoms with Crippen LogP contribution < -0.4 is 4.31 Å². The molecule has 24 heavy (non-hydrogen) atoms. The fraction of sp³-hybridized carbons (Fsp3) is 0.588. The molecule has 1 atom stereocenters. The van der Waals surface area contributed by atoms with Crippen LogP contribution >= 0.6 is 11.6 Å². The second-order valence-corrected chi connectivity index (χ2v) is 8.77. The van der Waals surface area contributed by atoms with Gasteiger partial charge in [-0.3, -0.25) is 9.10 Å². The number of piperidine rings is 1. The quantitative estimate of drug-likeness (QED) is 0.797. The lowest BCUT2D eigenvalue weighted by molar-refractivity contribution is -0.133. The van der Waals surface area contributed by atoms with Gasteiger partial charge in [0.05, 0.1) is 11.9 Å². The Morgan fingerprint density at radius 3 is 2.50 bits per heavy atom. The van der Waals surface area contributed by atoms with Crippen molar-refractivity contribution < 1.29 is 13.2 Å². The molecule has 1 aliphatic heterocycles. The molecule has 134 valence electrons. The van der Waals surface area contributed by atoms with Gasteiger partial charge >= 0.3 is 0 Å². The van der Waals surface area contributed by atoms with Crippen molar-refractivity contribution in [3.8, 4) is 0 Å². The maximum atomic E-state index is 13.0. The monoisotopic (exact) mass is 372 g/mol. The van der Waals surface area contributed by atoms with Crippen LogP contribution in [0, 0.1) is 5.92 Å². The van der Waals surface area contributed by atoms with Gasteiger partial charge in [-0.1, -0.05) is 31.5 Å². The zero-order valence-corrected chi connectivity index (χ0v) is 16.0. The van der Waals surface area contributed by atoms with Crippen molar-refractivity contribution in [2.24, 2.45) is 5.92 Å². The summed E-state index contributed by atoms with van der Waals surface area (Å²) >= 11 is 6.01. The van der Waals surface area contributed by atoms with Gasteiger partial charge in [-0.15, -0.1) is 0 Å². The number of amides is 1. The lowest BCUT2D eigenvalue weighted by Gasteiger charge is -2.37. The SMILES string of the molecule is CC[C@@H](C(=O)N1CCC(C)CC1)N(c1cccc(Cl)c1)S(C)(=O)=O. The van der Waals surface area contributed by atoms with Crippen LogP contribution in [0.3, 0.4) is 0 Å². The second kappa shape index (κ2) is 7.74. The van der Waals surface area contributed by atoms with Crippen molar-refractivity contribution in [3.63, 3.8) is 0 Å². The van der Waals surface area contributed by atoms with E-state index in [1.165, 1.54) is 4.31 Å². The van der Waals surface area contributed by atoms with E-state index < -0.39 is 16.1 Å². The summed E-state index contributed by atoms with van der Waals surface area (Å²) in [5.41, 5.74) is 0.426. The smallest absolute Gasteiger partial charge is 0.246 e. The van der Waals surface area contributed by atoms with Crippen LogP contribution in [0.1, 0.15) is 33.1 Å². The normalized spacial score (nSPS) is 17.6. The molecule has 0 N–H and O–H groups in total. The number of sulfonamides is 1. The minimum Gasteiger partial charge on any atom is -0.341 e. The molecule has 0 spiro atoms. The van der Waals surface area contributed by atoms with E-state index in [4.69, 9.17) is 11.6 Å². The van der Waals surface area contributed by atoms with Crippen LogP contribution in [-0.2, 0) is 14.8 Å². The maximum absolute atomic E-state index is 13.0. The molecule has 1 aliphatic rings. The van der Waals surface area contributed by atoms with Gasteiger partial charge in [0.15, 0.2) is 0 Å². The summed E-state index contributed by atoms with van der Waals surface area (Å²) in [6, 6.07) is 5.88. The topological polar surface area (TPSA) is 57.7 Å². The number of anilines is 1. The van der Waals surface area contributed by atoms with Gasteiger partial charge in [-0.2, -0.15) is 0 Å². The first kappa shape index (κ1) is 19.1. The van der Waals surface area contributed by atoms with E-state index in [2.05, 4.69) is 6.92 Å². The summed E-state index contributed by atoms with van der Waals surface area (Å²) < 4.78 is 26.0. The molecular formula is C17H25ClN2O3S. The predicted octanol–water partition coefficient (Wildman–Crippen LogP) is 3.14. The maximum Gasteiger partial charge on any atom is 0.246 e. The zero-order chi connectivity index (χ0) is 17.9. The number of likely N-dealkylation sites (tertiary alicyclic amines) is 1. The molecule has 5 nitrogen and oxygen atoms in total. The van der Waals surface area contributed by atoms with Gasteiger partial charge in [0.1, 0.15) is 6.04 Å². The van der Waals surface area contributed by atoms with Gasteiger partial charge in [0.25, 0.3) is 0 Å². The van der Waals surface area contributed by atoms with Gasteiger partial charge in [-0.25, -0.2) is 8.42 Å². The summed E-state index contributed by atoms with van der Waals surface area (Å²) in [6.45, 7) is 5.37. The van der Waals surface area contributed by atoms with Gasteiger partial charge in [0, 0.05) is 18.1 Å². The number of carbonyl (C=O) groups is 1. The highest BCUT2D eigenvalue weighted by Crippen LogP contribution is 2.27. The van der Waals surface area contributed by atoms with Crippen molar-refractivity contribution in [3.05, 3.63) is 29.3 Å². The number of nitrogens with zero attached hydrogens (tertiary/aromatic N) is 2. The molecule has 0 bridgehead atoms. The number of hydrogen-bond acceptors (Lipinski definition) is 3. The minimum atomic E-state index is -3.61. The number of hydrogen-bond donors (Lipinski definition) is 0. The Morgan fingerprint density at radius 1 is 1.38 bits per heavy atom. The van der Waals surface area contributed by atoms with Crippen LogP contribution in [0.2, 0.25) is 5.02 Å². The summed E-state index contributed by atoms with van der Waals surface area (Å²) in [5.74, 6) is 0.475. The van der Waals surface area contributed by atoms with E-state index in [0.29, 0.717) is 36.1 Å². The zero-order valence-electron chi connectivity index (χ0n) is 14.4. The Labute approximate surface area is 149 Å². The van der Waals surface area contributed by atoms with Crippen LogP contribution in [0.25, 0.3) is 0 Å². The number of benzene rings is 1. The predicted molar refractivity (Wildman–Crippen MR) is 97.8 cm³/mol. The molecule has 7 heteroatoms. The second-order valence-electron chi connectivity index (χ2n) is 6.47. The van der Waals surface area contributed by atoms with Gasteiger partial charge < -0.3 is 4.90 Å². The van der Waals surface area contributed by atoms with Crippen LogP contribution in [0.5, 0.6) is 0 Å². The molecular weight excluding hydrogens is 348 g/mol. The summed E-state index contributed by atoms with van der Waals surface area (Å²) in [7, 11) is -3.61. The lowest BCUT2D eigenvalue weighted by atomic mass is 9.98. The first-order valence-electron chi connectivity index (χ1n) is 8.27. The largest absolute Gasteiger partial charge is 0.341 e. The van der Waals surface area contributed by atoms with Crippen LogP contribution in [-0.4, -0.2) is 44.6 Å². The van der Waals surface area contributed by atoms with E-state index in [1.54, 1.807) is 29.2 Å². The molecule has 0 saturated carbocycles. The number of rotatable bonds is 5. The van der Waals surface area contributed by atoms with Gasteiger partial charge in [-0.05, 0) is 43.4 Å². The van der Waals surface area contributed by atoms with E-state index in [9.17, 15) is 13.2 Å². The molecule has 0 radical (unpaired) electrons. The Kier molecular flexibility index (Phi) is 6.15. The lowest BCUT2D eigenvalue weighted by Crippen LogP contribution is -2.52. The van der Waals surface area contributed by atoms with Crippen molar-refractivity contribution in [1.29, 1.82) is 0 Å². The molecule has 0 aliphatic carbocycles. The van der Waals surface area contributed by atoms with Crippen LogP contribution in [0.4, 0.5) is 5.69 Å². The third-order valence-corrected chi connectivity index (χ3v) is 5.89. The van der Waals surface area contributed by atoms with E-state index in [-0.39, 0.29) is 5.91 Å². The average molecular weight is 373 g/mol. The molecule has 1 heterocycles. The Hall–Kier alpha value is -1.27. The molecule has 1 saturated heterocycles. The minimum absolute atomic E-state index is 0.130. The van der Waals surface area contributed by atoms with Crippen molar-refractivity contribution in [2.45, 2.75) is 39.2 Å². The van der Waals surface area contributed by atoms with Crippen molar-refractivity contribution in [2.75, 3.05) is 23.7 Å². The highest BCUT2D eigenvalue weighted by Gasteiger charge is 2.35. The highest BCUT2D eigenvalue weighted by molar-refractivity contribution is 7.92. The first-order chi connectivity index (χ1) is 11.2. The molecule has 0 unspecified atom stereocenters.